The van der Waals surface area contributed by atoms with Gasteiger partial charge in [-0.25, -0.2) is 4.79 Å². The number of esters is 1. The number of aliphatic hydroxyl groups excluding tert-OH is 1. The van der Waals surface area contributed by atoms with E-state index in [2.05, 4.69) is 31.2 Å². The SMILES string of the molecule is CCCCC[C@H](O)c1ccc(C2=C(Cl)CCC2CCCc2ccc(C(=O)OC(C)C)s2)cc1. The molecule has 0 amide bonds. The number of hydrogen-bond acceptors (Lipinski definition) is 4. The highest BCUT2D eigenvalue weighted by Gasteiger charge is 2.26. The van der Waals surface area contributed by atoms with E-state index in [4.69, 9.17) is 16.3 Å². The molecule has 1 aliphatic rings. The topological polar surface area (TPSA) is 46.5 Å². The Bertz CT molecular complexity index is 929. The number of aryl methyl sites for hydroxylation is 1. The first-order valence-corrected chi connectivity index (χ1v) is 13.5. The Morgan fingerprint density at radius 2 is 1.91 bits per heavy atom. The van der Waals surface area contributed by atoms with Crippen LogP contribution in [0.1, 0.15) is 104 Å². The van der Waals surface area contributed by atoms with E-state index < -0.39 is 0 Å². The molecule has 3 nitrogen and oxygen atoms in total. The summed E-state index contributed by atoms with van der Waals surface area (Å²) in [5, 5.41) is 11.4. The van der Waals surface area contributed by atoms with Gasteiger partial charge < -0.3 is 9.84 Å². The summed E-state index contributed by atoms with van der Waals surface area (Å²) in [6.45, 7) is 5.92. The summed E-state index contributed by atoms with van der Waals surface area (Å²) < 4.78 is 5.29. The summed E-state index contributed by atoms with van der Waals surface area (Å²) in [7, 11) is 0. The summed E-state index contributed by atoms with van der Waals surface area (Å²) in [6.07, 6.45) is 8.85. The molecule has 0 bridgehead atoms. The molecule has 1 aromatic heterocycles. The molecule has 1 heterocycles. The van der Waals surface area contributed by atoms with E-state index in [0.29, 0.717) is 10.8 Å². The molecule has 1 aromatic carbocycles. The van der Waals surface area contributed by atoms with Gasteiger partial charge in [-0.2, -0.15) is 0 Å². The van der Waals surface area contributed by atoms with Gasteiger partial charge in [0.05, 0.1) is 12.2 Å². The van der Waals surface area contributed by atoms with Gasteiger partial charge in [0.2, 0.25) is 0 Å². The minimum atomic E-state index is -0.386. The first-order chi connectivity index (χ1) is 15.9. The Balaban J connectivity index is 1.55. The third-order valence-electron chi connectivity index (χ3n) is 6.28. The van der Waals surface area contributed by atoms with E-state index in [1.807, 2.05) is 26.0 Å². The molecule has 0 saturated carbocycles. The van der Waals surface area contributed by atoms with Crippen molar-refractivity contribution in [3.63, 3.8) is 0 Å². The van der Waals surface area contributed by atoms with Crippen molar-refractivity contribution >= 4 is 34.5 Å². The van der Waals surface area contributed by atoms with Crippen molar-refractivity contribution in [3.05, 3.63) is 62.3 Å². The maximum Gasteiger partial charge on any atom is 0.348 e. The molecule has 33 heavy (non-hydrogen) atoms. The summed E-state index contributed by atoms with van der Waals surface area (Å²) in [6, 6.07) is 12.3. The molecule has 1 N–H and O–H groups in total. The summed E-state index contributed by atoms with van der Waals surface area (Å²) in [4.78, 5) is 14.0. The Morgan fingerprint density at radius 3 is 2.61 bits per heavy atom. The number of ether oxygens (including phenoxy) is 1. The van der Waals surface area contributed by atoms with Gasteiger partial charge in [-0.1, -0.05) is 62.1 Å². The first-order valence-electron chi connectivity index (χ1n) is 12.4. The zero-order valence-corrected chi connectivity index (χ0v) is 21.7. The number of aliphatic hydroxyl groups is 1. The Labute approximate surface area is 207 Å². The Kier molecular flexibility index (Phi) is 10.0. The fourth-order valence-corrected chi connectivity index (χ4v) is 5.84. The van der Waals surface area contributed by atoms with E-state index in [-0.39, 0.29) is 18.2 Å². The average Bonchev–Trinajstić information content (AvgIpc) is 3.40. The quantitative estimate of drug-likeness (QED) is 0.241. The van der Waals surface area contributed by atoms with Crippen LogP contribution in [-0.4, -0.2) is 17.2 Å². The standard InChI is InChI=1S/C28H37ClO3S/c1-4-5-6-10-25(30)20-11-13-22(14-12-20)27-21(15-17-24(27)29)8-7-9-23-16-18-26(33-23)28(31)32-19(2)3/h11-14,16,18-19,21,25,30H,4-10,15,17H2,1-3H3/t21?,25-/m0/s1. The molecule has 5 heteroatoms. The molecular weight excluding hydrogens is 452 g/mol. The van der Waals surface area contributed by atoms with Crippen LogP contribution in [0.2, 0.25) is 0 Å². The summed E-state index contributed by atoms with van der Waals surface area (Å²) in [5.41, 5.74) is 3.45. The van der Waals surface area contributed by atoms with Crippen molar-refractivity contribution in [2.75, 3.05) is 0 Å². The molecule has 180 valence electrons. The first kappa shape index (κ1) is 26.0. The molecule has 0 radical (unpaired) electrons. The van der Waals surface area contributed by atoms with Crippen LogP contribution in [0, 0.1) is 5.92 Å². The number of hydrogen-bond donors (Lipinski definition) is 1. The smallest absolute Gasteiger partial charge is 0.348 e. The maximum atomic E-state index is 12.1. The molecule has 0 fully saturated rings. The number of halogens is 1. The van der Waals surface area contributed by atoms with Gasteiger partial charge in [0.1, 0.15) is 4.88 Å². The summed E-state index contributed by atoms with van der Waals surface area (Å²) >= 11 is 8.19. The normalized spacial score (nSPS) is 17.1. The number of allylic oxidation sites excluding steroid dienone is 2. The van der Waals surface area contributed by atoms with Crippen LogP contribution in [0.15, 0.2) is 41.4 Å². The van der Waals surface area contributed by atoms with Gasteiger partial charge in [-0.15, -0.1) is 11.3 Å². The lowest BCUT2D eigenvalue weighted by atomic mass is 9.89. The van der Waals surface area contributed by atoms with Crippen molar-refractivity contribution in [1.29, 1.82) is 0 Å². The van der Waals surface area contributed by atoms with E-state index in [0.717, 1.165) is 68.4 Å². The van der Waals surface area contributed by atoms with Crippen LogP contribution in [0.25, 0.3) is 5.57 Å². The second-order valence-corrected chi connectivity index (χ2v) is 10.9. The van der Waals surface area contributed by atoms with E-state index in [1.54, 1.807) is 0 Å². The highest BCUT2D eigenvalue weighted by Crippen LogP contribution is 2.43. The largest absolute Gasteiger partial charge is 0.459 e. The lowest BCUT2D eigenvalue weighted by Gasteiger charge is -2.17. The van der Waals surface area contributed by atoms with E-state index in [9.17, 15) is 9.90 Å². The molecule has 1 unspecified atom stereocenters. The third-order valence-corrected chi connectivity index (χ3v) is 7.80. The van der Waals surface area contributed by atoms with Gasteiger partial charge in [-0.05, 0) is 87.1 Å². The number of unbranched alkanes of at least 4 members (excludes halogenated alkanes) is 2. The molecule has 1 aliphatic carbocycles. The molecule has 0 saturated heterocycles. The Hall–Kier alpha value is -1.62. The number of rotatable bonds is 12. The lowest BCUT2D eigenvalue weighted by Crippen LogP contribution is -2.09. The molecular formula is C28H37ClO3S. The van der Waals surface area contributed by atoms with Crippen molar-refractivity contribution in [1.82, 2.24) is 0 Å². The monoisotopic (exact) mass is 488 g/mol. The third kappa shape index (κ3) is 7.43. The Morgan fingerprint density at radius 1 is 1.15 bits per heavy atom. The minimum absolute atomic E-state index is 0.0984. The van der Waals surface area contributed by atoms with E-state index in [1.165, 1.54) is 27.4 Å². The van der Waals surface area contributed by atoms with Crippen LogP contribution in [0.5, 0.6) is 0 Å². The average molecular weight is 489 g/mol. The number of carbonyl (C=O) groups is 1. The number of benzene rings is 1. The van der Waals surface area contributed by atoms with Crippen LogP contribution in [-0.2, 0) is 11.2 Å². The van der Waals surface area contributed by atoms with Crippen LogP contribution in [0.3, 0.4) is 0 Å². The fraction of sp³-hybridized carbons (Fsp3) is 0.536. The fourth-order valence-electron chi connectivity index (χ4n) is 4.54. The number of carbonyl (C=O) groups excluding carboxylic acids is 1. The molecule has 2 atom stereocenters. The van der Waals surface area contributed by atoms with Gasteiger partial charge in [0.25, 0.3) is 0 Å². The van der Waals surface area contributed by atoms with Crippen LogP contribution in [0.4, 0.5) is 0 Å². The van der Waals surface area contributed by atoms with E-state index >= 15 is 0 Å². The van der Waals surface area contributed by atoms with Crippen molar-refractivity contribution < 1.29 is 14.6 Å². The highest BCUT2D eigenvalue weighted by atomic mass is 35.5. The highest BCUT2D eigenvalue weighted by molar-refractivity contribution is 7.13. The summed E-state index contributed by atoms with van der Waals surface area (Å²) in [5.74, 6) is 0.233. The second kappa shape index (κ2) is 12.7. The second-order valence-electron chi connectivity index (χ2n) is 9.30. The molecule has 0 aliphatic heterocycles. The molecule has 2 aromatic rings. The van der Waals surface area contributed by atoms with Gasteiger partial charge in [-0.3, -0.25) is 0 Å². The van der Waals surface area contributed by atoms with Gasteiger partial charge >= 0.3 is 5.97 Å². The maximum absolute atomic E-state index is 12.1. The van der Waals surface area contributed by atoms with Gasteiger partial charge in [0.15, 0.2) is 0 Å². The molecule has 0 spiro atoms. The van der Waals surface area contributed by atoms with Gasteiger partial charge in [0, 0.05) is 9.91 Å². The van der Waals surface area contributed by atoms with Crippen LogP contribution < -0.4 is 0 Å². The molecule has 3 rings (SSSR count). The lowest BCUT2D eigenvalue weighted by molar-refractivity contribution is 0.0384. The van der Waals surface area contributed by atoms with Crippen LogP contribution >= 0.6 is 22.9 Å². The zero-order valence-electron chi connectivity index (χ0n) is 20.1. The minimum Gasteiger partial charge on any atom is -0.459 e. The zero-order chi connectivity index (χ0) is 23.8. The van der Waals surface area contributed by atoms with Crippen molar-refractivity contribution in [2.45, 2.75) is 90.8 Å². The predicted molar refractivity (Wildman–Crippen MR) is 139 cm³/mol. The van der Waals surface area contributed by atoms with Crippen molar-refractivity contribution in [3.8, 4) is 0 Å². The van der Waals surface area contributed by atoms with Crippen molar-refractivity contribution in [2.24, 2.45) is 5.92 Å². The predicted octanol–water partition coefficient (Wildman–Crippen LogP) is 8.31. The number of thiophene rings is 1.